The zero-order valence-electron chi connectivity index (χ0n) is 18.0. The van der Waals surface area contributed by atoms with E-state index in [4.69, 9.17) is 4.74 Å². The summed E-state index contributed by atoms with van der Waals surface area (Å²) in [6, 6.07) is 15.4. The molecule has 0 unspecified atom stereocenters. The first kappa shape index (κ1) is 23.3. The van der Waals surface area contributed by atoms with Crippen molar-refractivity contribution in [2.75, 3.05) is 45.2 Å². The molecule has 0 atom stereocenters. The third-order valence-electron chi connectivity index (χ3n) is 5.51. The molecule has 2 amide bonds. The predicted octanol–water partition coefficient (Wildman–Crippen LogP) is 3.95. The second-order valence-corrected chi connectivity index (χ2v) is 8.64. The fourth-order valence-corrected chi connectivity index (χ4v) is 3.93. The summed E-state index contributed by atoms with van der Waals surface area (Å²) in [5, 5.41) is 2.93. The highest BCUT2D eigenvalue weighted by Gasteiger charge is 2.19. The van der Waals surface area contributed by atoms with E-state index in [9.17, 15) is 9.59 Å². The minimum absolute atomic E-state index is 0.0130. The number of anilines is 1. The molecule has 0 aliphatic carbocycles. The number of rotatable bonds is 8. The van der Waals surface area contributed by atoms with Gasteiger partial charge in [0, 0.05) is 49.2 Å². The van der Waals surface area contributed by atoms with E-state index in [-0.39, 0.29) is 11.8 Å². The summed E-state index contributed by atoms with van der Waals surface area (Å²) in [5.74, 6) is 1.04. The zero-order valence-corrected chi connectivity index (χ0v) is 19.6. The van der Waals surface area contributed by atoms with Gasteiger partial charge in [0.1, 0.15) is 5.75 Å². The number of amides is 2. The van der Waals surface area contributed by atoms with Gasteiger partial charge in [-0.3, -0.25) is 9.59 Å². The number of methoxy groups -OCH3 is 1. The summed E-state index contributed by atoms with van der Waals surface area (Å²) >= 11 is 3.39. The molecule has 0 aromatic heterocycles. The molecule has 0 spiro atoms. The molecule has 1 aliphatic heterocycles. The summed E-state index contributed by atoms with van der Waals surface area (Å²) < 4.78 is 6.16. The lowest BCUT2D eigenvalue weighted by molar-refractivity contribution is -0.131. The van der Waals surface area contributed by atoms with E-state index in [1.54, 1.807) is 7.11 Å². The highest BCUT2D eigenvalue weighted by molar-refractivity contribution is 9.10. The number of halogens is 1. The van der Waals surface area contributed by atoms with Gasteiger partial charge >= 0.3 is 0 Å². The molecular weight excluding hydrogens is 458 g/mol. The minimum Gasteiger partial charge on any atom is -0.497 e. The summed E-state index contributed by atoms with van der Waals surface area (Å²) in [7, 11) is 1.65. The van der Waals surface area contributed by atoms with Crippen molar-refractivity contribution in [2.45, 2.75) is 25.7 Å². The van der Waals surface area contributed by atoms with Crippen molar-refractivity contribution >= 4 is 33.4 Å². The van der Waals surface area contributed by atoms with Crippen LogP contribution in [0, 0.1) is 0 Å². The van der Waals surface area contributed by atoms with Crippen LogP contribution in [0.5, 0.6) is 5.75 Å². The smallest absolute Gasteiger partial charge is 0.225 e. The molecule has 6 nitrogen and oxygen atoms in total. The molecule has 0 saturated carbocycles. The number of hydrogen-bond donors (Lipinski definition) is 1. The Morgan fingerprint density at radius 2 is 1.71 bits per heavy atom. The fourth-order valence-electron chi connectivity index (χ4n) is 3.66. The van der Waals surface area contributed by atoms with Gasteiger partial charge in [-0.1, -0.05) is 28.1 Å². The van der Waals surface area contributed by atoms with E-state index in [2.05, 4.69) is 26.1 Å². The van der Waals surface area contributed by atoms with Crippen LogP contribution in [-0.4, -0.2) is 61.4 Å². The topological polar surface area (TPSA) is 61.9 Å². The van der Waals surface area contributed by atoms with Gasteiger partial charge in [-0.25, -0.2) is 0 Å². The molecule has 0 bridgehead atoms. The Bertz CT molecular complexity index is 855. The normalized spacial score (nSPS) is 14.7. The van der Waals surface area contributed by atoms with Crippen LogP contribution in [-0.2, 0) is 16.0 Å². The van der Waals surface area contributed by atoms with Gasteiger partial charge in [-0.15, -0.1) is 0 Å². The number of benzene rings is 2. The van der Waals surface area contributed by atoms with Crippen LogP contribution < -0.4 is 10.1 Å². The third-order valence-corrected chi connectivity index (χ3v) is 6.04. The number of carbonyl (C=O) groups is 2. The molecule has 0 radical (unpaired) electrons. The monoisotopic (exact) mass is 487 g/mol. The standard InChI is InChI=1S/C24H30BrN3O3/c1-31-22-10-3-19(4-11-22)5-12-24(30)28-15-2-14-27(17-18-28)16-13-23(29)26-21-8-6-20(25)7-9-21/h3-4,6-11H,2,5,12-18H2,1H3,(H,26,29). The minimum atomic E-state index is 0.0130. The average molecular weight is 488 g/mol. The largest absolute Gasteiger partial charge is 0.497 e. The molecule has 1 heterocycles. The lowest BCUT2D eigenvalue weighted by atomic mass is 10.1. The van der Waals surface area contributed by atoms with Crippen molar-refractivity contribution in [3.8, 4) is 5.75 Å². The van der Waals surface area contributed by atoms with Gasteiger partial charge in [-0.05, 0) is 61.3 Å². The molecule has 166 valence electrons. The van der Waals surface area contributed by atoms with E-state index in [1.807, 2.05) is 53.4 Å². The Morgan fingerprint density at radius 3 is 2.42 bits per heavy atom. The van der Waals surface area contributed by atoms with Crippen LogP contribution >= 0.6 is 15.9 Å². The van der Waals surface area contributed by atoms with Gasteiger partial charge in [0.05, 0.1) is 7.11 Å². The van der Waals surface area contributed by atoms with E-state index in [0.29, 0.717) is 19.4 Å². The summed E-state index contributed by atoms with van der Waals surface area (Å²) in [4.78, 5) is 29.1. The number of carbonyl (C=O) groups excluding carboxylic acids is 2. The van der Waals surface area contributed by atoms with E-state index < -0.39 is 0 Å². The molecule has 7 heteroatoms. The maximum atomic E-state index is 12.7. The number of nitrogens with zero attached hydrogens (tertiary/aromatic N) is 2. The lowest BCUT2D eigenvalue weighted by Crippen LogP contribution is -2.36. The Labute approximate surface area is 192 Å². The number of hydrogen-bond acceptors (Lipinski definition) is 4. The molecule has 1 N–H and O–H groups in total. The zero-order chi connectivity index (χ0) is 22.1. The Balaban J connectivity index is 1.38. The van der Waals surface area contributed by atoms with Gasteiger partial charge in [0.2, 0.25) is 11.8 Å². The van der Waals surface area contributed by atoms with Crippen LogP contribution in [0.3, 0.4) is 0 Å². The third kappa shape index (κ3) is 7.67. The second-order valence-electron chi connectivity index (χ2n) is 7.73. The van der Waals surface area contributed by atoms with Crippen LogP contribution in [0.2, 0.25) is 0 Å². The Kier molecular flexibility index (Phi) is 8.91. The van der Waals surface area contributed by atoms with E-state index >= 15 is 0 Å². The first-order valence-electron chi connectivity index (χ1n) is 10.7. The van der Waals surface area contributed by atoms with Crippen molar-refractivity contribution in [3.05, 3.63) is 58.6 Å². The maximum absolute atomic E-state index is 12.7. The molecule has 31 heavy (non-hydrogen) atoms. The van der Waals surface area contributed by atoms with Crippen molar-refractivity contribution in [1.82, 2.24) is 9.80 Å². The van der Waals surface area contributed by atoms with Crippen LogP contribution in [0.1, 0.15) is 24.8 Å². The van der Waals surface area contributed by atoms with Gasteiger partial charge < -0.3 is 19.9 Å². The number of aryl methyl sites for hydroxylation is 1. The van der Waals surface area contributed by atoms with Crippen LogP contribution in [0.25, 0.3) is 0 Å². The summed E-state index contributed by atoms with van der Waals surface area (Å²) in [6.45, 7) is 3.92. The average Bonchev–Trinajstić information content (AvgIpc) is 3.04. The Hall–Kier alpha value is -2.38. The molecule has 3 rings (SSSR count). The predicted molar refractivity (Wildman–Crippen MR) is 126 cm³/mol. The van der Waals surface area contributed by atoms with Gasteiger partial charge in [0.25, 0.3) is 0 Å². The van der Waals surface area contributed by atoms with Crippen LogP contribution in [0.4, 0.5) is 5.69 Å². The molecule has 1 aliphatic rings. The lowest BCUT2D eigenvalue weighted by Gasteiger charge is -2.22. The maximum Gasteiger partial charge on any atom is 0.225 e. The number of nitrogens with one attached hydrogen (secondary N) is 1. The first-order chi connectivity index (χ1) is 15.0. The first-order valence-corrected chi connectivity index (χ1v) is 11.5. The molecule has 2 aromatic rings. The molecule has 1 fully saturated rings. The van der Waals surface area contributed by atoms with Gasteiger partial charge in [0.15, 0.2) is 0 Å². The SMILES string of the molecule is COc1ccc(CCC(=O)N2CCCN(CCC(=O)Nc3ccc(Br)cc3)CC2)cc1. The fraction of sp³-hybridized carbons (Fsp3) is 0.417. The molecular formula is C24H30BrN3O3. The van der Waals surface area contributed by atoms with E-state index in [1.165, 1.54) is 0 Å². The number of ether oxygens (including phenoxy) is 1. The van der Waals surface area contributed by atoms with Gasteiger partial charge in [-0.2, -0.15) is 0 Å². The summed E-state index contributed by atoms with van der Waals surface area (Å²) in [5.41, 5.74) is 1.94. The van der Waals surface area contributed by atoms with Crippen LogP contribution in [0.15, 0.2) is 53.0 Å². The highest BCUT2D eigenvalue weighted by atomic mass is 79.9. The second kappa shape index (κ2) is 11.9. The Morgan fingerprint density at radius 1 is 0.968 bits per heavy atom. The van der Waals surface area contributed by atoms with E-state index in [0.717, 1.165) is 60.5 Å². The highest BCUT2D eigenvalue weighted by Crippen LogP contribution is 2.15. The van der Waals surface area contributed by atoms with Crippen molar-refractivity contribution in [1.29, 1.82) is 0 Å². The van der Waals surface area contributed by atoms with Crippen molar-refractivity contribution in [2.24, 2.45) is 0 Å². The van der Waals surface area contributed by atoms with Crippen molar-refractivity contribution < 1.29 is 14.3 Å². The quantitative estimate of drug-likeness (QED) is 0.612. The van der Waals surface area contributed by atoms with Crippen molar-refractivity contribution in [3.63, 3.8) is 0 Å². The molecule has 2 aromatic carbocycles. The summed E-state index contributed by atoms with van der Waals surface area (Å²) in [6.07, 6.45) is 2.63. The molecule has 1 saturated heterocycles.